The van der Waals surface area contributed by atoms with Gasteiger partial charge in [0.1, 0.15) is 0 Å². The molecule has 3 heterocycles. The molecule has 1 saturated carbocycles. The number of pyridine rings is 1. The molecule has 0 unspecified atom stereocenters. The second-order valence-electron chi connectivity index (χ2n) is 7.59. The molecule has 0 spiro atoms. The number of likely N-dealkylation sites (tertiary alicyclic amines) is 1. The van der Waals surface area contributed by atoms with E-state index in [2.05, 4.69) is 19.8 Å². The van der Waals surface area contributed by atoms with Gasteiger partial charge in [-0.15, -0.1) is 0 Å². The quantitative estimate of drug-likeness (QED) is 0.784. The van der Waals surface area contributed by atoms with E-state index in [9.17, 15) is 13.2 Å². The Bertz CT molecular complexity index is 977. The van der Waals surface area contributed by atoms with Crippen LogP contribution in [0.5, 0.6) is 0 Å². The average Bonchev–Trinajstić information content (AvgIpc) is 3.34. The van der Waals surface area contributed by atoms with E-state index in [1.807, 2.05) is 0 Å². The number of fused-ring (bicyclic) bond motifs is 1. The molecule has 3 atom stereocenters. The van der Waals surface area contributed by atoms with E-state index in [1.54, 1.807) is 43.3 Å². The predicted molar refractivity (Wildman–Crippen MR) is 100.0 cm³/mol. The first-order chi connectivity index (χ1) is 13.3. The fourth-order valence-electron chi connectivity index (χ4n) is 4.46. The Morgan fingerprint density at radius 1 is 1.46 bits per heavy atom. The van der Waals surface area contributed by atoms with Crippen molar-refractivity contribution in [2.75, 3.05) is 18.8 Å². The molecule has 150 valence electrons. The summed E-state index contributed by atoms with van der Waals surface area (Å²) in [6, 6.07) is 3.26. The van der Waals surface area contributed by atoms with Gasteiger partial charge in [0.2, 0.25) is 15.9 Å². The molecule has 1 amide bonds. The summed E-state index contributed by atoms with van der Waals surface area (Å²) in [4.78, 5) is 23.2. The van der Waals surface area contributed by atoms with Gasteiger partial charge >= 0.3 is 0 Å². The molecule has 2 aromatic heterocycles. The van der Waals surface area contributed by atoms with Crippen molar-refractivity contribution in [2.45, 2.75) is 38.1 Å². The van der Waals surface area contributed by atoms with Crippen molar-refractivity contribution in [3.63, 3.8) is 0 Å². The Kier molecular flexibility index (Phi) is 4.70. The van der Waals surface area contributed by atoms with Crippen molar-refractivity contribution >= 4 is 15.9 Å². The van der Waals surface area contributed by atoms with Gasteiger partial charge in [0, 0.05) is 31.5 Å². The SMILES string of the molecule is CCS(=O)(=O)N[C@@H]1C[C@H]2CN(C(=O)c3cccnc3)C[C@@]2(c2nc(C)no2)C1. The number of nitrogens with one attached hydrogen (secondary N) is 1. The molecule has 1 N–H and O–H groups in total. The Labute approximate surface area is 163 Å². The van der Waals surface area contributed by atoms with E-state index >= 15 is 0 Å². The molecule has 2 aliphatic rings. The minimum Gasteiger partial charge on any atom is -0.339 e. The van der Waals surface area contributed by atoms with E-state index in [-0.39, 0.29) is 23.6 Å². The van der Waals surface area contributed by atoms with Gasteiger partial charge in [-0.25, -0.2) is 13.1 Å². The number of sulfonamides is 1. The topological polar surface area (TPSA) is 118 Å². The molecular formula is C18H23N5O4S. The molecule has 0 bridgehead atoms. The number of hydrogen-bond acceptors (Lipinski definition) is 7. The van der Waals surface area contributed by atoms with E-state index in [0.29, 0.717) is 43.2 Å². The number of carbonyl (C=O) groups is 1. The van der Waals surface area contributed by atoms with Crippen molar-refractivity contribution in [1.29, 1.82) is 0 Å². The molecule has 9 nitrogen and oxygen atoms in total. The summed E-state index contributed by atoms with van der Waals surface area (Å²) in [7, 11) is -3.32. The zero-order valence-electron chi connectivity index (χ0n) is 15.8. The van der Waals surface area contributed by atoms with Gasteiger partial charge in [-0.2, -0.15) is 4.98 Å². The van der Waals surface area contributed by atoms with Crippen LogP contribution in [0.1, 0.15) is 41.8 Å². The molecule has 2 aromatic rings. The van der Waals surface area contributed by atoms with Crippen LogP contribution < -0.4 is 4.72 Å². The summed E-state index contributed by atoms with van der Waals surface area (Å²) in [6.45, 7) is 4.29. The van der Waals surface area contributed by atoms with Crippen LogP contribution in [0.15, 0.2) is 29.0 Å². The van der Waals surface area contributed by atoms with E-state index in [1.165, 1.54) is 0 Å². The highest BCUT2D eigenvalue weighted by Crippen LogP contribution is 2.50. The zero-order chi connectivity index (χ0) is 19.9. The van der Waals surface area contributed by atoms with Gasteiger partial charge in [-0.1, -0.05) is 5.16 Å². The molecule has 1 saturated heterocycles. The summed E-state index contributed by atoms with van der Waals surface area (Å²) < 4.78 is 32.4. The van der Waals surface area contributed by atoms with E-state index in [0.717, 1.165) is 0 Å². The Morgan fingerprint density at radius 3 is 2.93 bits per heavy atom. The molecule has 4 rings (SSSR count). The molecule has 2 fully saturated rings. The number of aryl methyl sites for hydroxylation is 1. The first kappa shape index (κ1) is 19.0. The molecule has 1 aliphatic carbocycles. The minimum absolute atomic E-state index is 0.0342. The van der Waals surface area contributed by atoms with Gasteiger partial charge in [0.15, 0.2) is 5.82 Å². The number of nitrogens with zero attached hydrogens (tertiary/aromatic N) is 4. The number of rotatable bonds is 5. The smallest absolute Gasteiger partial charge is 0.255 e. The number of amides is 1. The minimum atomic E-state index is -3.32. The fraction of sp³-hybridized carbons (Fsp3) is 0.556. The highest BCUT2D eigenvalue weighted by atomic mass is 32.2. The summed E-state index contributed by atoms with van der Waals surface area (Å²) in [5.74, 6) is 0.987. The monoisotopic (exact) mass is 405 g/mol. The van der Waals surface area contributed by atoms with Gasteiger partial charge in [-0.05, 0) is 44.7 Å². The first-order valence-corrected chi connectivity index (χ1v) is 11.0. The lowest BCUT2D eigenvalue weighted by Crippen LogP contribution is -2.40. The van der Waals surface area contributed by atoms with E-state index in [4.69, 9.17) is 4.52 Å². The second kappa shape index (κ2) is 6.93. The third-order valence-corrected chi connectivity index (χ3v) is 7.20. The zero-order valence-corrected chi connectivity index (χ0v) is 16.6. The Morgan fingerprint density at radius 2 is 2.29 bits per heavy atom. The highest BCUT2D eigenvalue weighted by Gasteiger charge is 2.58. The van der Waals surface area contributed by atoms with Crippen molar-refractivity contribution in [2.24, 2.45) is 5.92 Å². The van der Waals surface area contributed by atoms with Crippen LogP contribution in [0.3, 0.4) is 0 Å². The van der Waals surface area contributed by atoms with Crippen LogP contribution in [0.2, 0.25) is 0 Å². The summed E-state index contributed by atoms with van der Waals surface area (Å²) in [5.41, 5.74) is -0.0115. The third kappa shape index (κ3) is 3.30. The number of aromatic nitrogens is 3. The normalized spacial score (nSPS) is 27.1. The van der Waals surface area contributed by atoms with Crippen LogP contribution in [0.4, 0.5) is 0 Å². The molecule has 0 radical (unpaired) electrons. The van der Waals surface area contributed by atoms with E-state index < -0.39 is 15.4 Å². The van der Waals surface area contributed by atoms with Gasteiger partial charge < -0.3 is 9.42 Å². The Balaban J connectivity index is 1.62. The summed E-state index contributed by atoms with van der Waals surface area (Å²) >= 11 is 0. The van der Waals surface area contributed by atoms with Crippen molar-refractivity contribution in [1.82, 2.24) is 24.7 Å². The Hall–Kier alpha value is -2.33. The van der Waals surface area contributed by atoms with Gasteiger partial charge in [-0.3, -0.25) is 9.78 Å². The molecule has 28 heavy (non-hydrogen) atoms. The van der Waals surface area contributed by atoms with Crippen molar-refractivity contribution < 1.29 is 17.7 Å². The van der Waals surface area contributed by atoms with Crippen LogP contribution in [0.25, 0.3) is 0 Å². The third-order valence-electron chi connectivity index (χ3n) is 5.75. The predicted octanol–water partition coefficient (Wildman–Crippen LogP) is 0.885. The van der Waals surface area contributed by atoms with Crippen molar-refractivity contribution in [3.05, 3.63) is 41.8 Å². The average molecular weight is 405 g/mol. The fourth-order valence-corrected chi connectivity index (χ4v) is 5.31. The van der Waals surface area contributed by atoms with Crippen LogP contribution in [-0.2, 0) is 15.4 Å². The van der Waals surface area contributed by atoms with Gasteiger partial charge in [0.25, 0.3) is 5.91 Å². The summed E-state index contributed by atoms with van der Waals surface area (Å²) in [5, 5.41) is 3.92. The number of carbonyl (C=O) groups excluding carboxylic acids is 1. The number of hydrogen-bond donors (Lipinski definition) is 1. The lowest BCUT2D eigenvalue weighted by Gasteiger charge is -2.25. The highest BCUT2D eigenvalue weighted by molar-refractivity contribution is 7.89. The molecule has 0 aromatic carbocycles. The van der Waals surface area contributed by atoms with Crippen molar-refractivity contribution in [3.8, 4) is 0 Å². The molecule has 10 heteroatoms. The van der Waals surface area contributed by atoms with Crippen LogP contribution >= 0.6 is 0 Å². The lowest BCUT2D eigenvalue weighted by atomic mass is 9.80. The lowest BCUT2D eigenvalue weighted by molar-refractivity contribution is 0.0773. The van der Waals surface area contributed by atoms with Crippen LogP contribution in [-0.4, -0.2) is 59.2 Å². The maximum atomic E-state index is 12.9. The standard InChI is InChI=1S/C18H23N5O4S/c1-3-28(25,26)22-15-7-14-10-23(16(24)13-5-4-6-19-9-13)11-18(14,8-15)17-20-12(2)21-27-17/h4-6,9,14-15,22H,3,7-8,10-11H2,1-2H3/t14-,15+,18-/m0/s1. The summed E-state index contributed by atoms with van der Waals surface area (Å²) in [6.07, 6.45) is 4.33. The van der Waals surface area contributed by atoms with Gasteiger partial charge in [0.05, 0.1) is 16.7 Å². The largest absolute Gasteiger partial charge is 0.339 e. The maximum absolute atomic E-state index is 12.9. The molecular weight excluding hydrogens is 382 g/mol. The molecule has 1 aliphatic heterocycles. The first-order valence-electron chi connectivity index (χ1n) is 9.33. The maximum Gasteiger partial charge on any atom is 0.255 e. The van der Waals surface area contributed by atoms with Crippen LogP contribution in [0, 0.1) is 12.8 Å². The second-order valence-corrected chi connectivity index (χ2v) is 9.63.